The Labute approximate surface area is 158 Å². The smallest absolute Gasteiger partial charge is 0.272 e. The Hall–Kier alpha value is -2.45. The molecule has 8 nitrogen and oxygen atoms in total. The number of amides is 1. The number of rotatable bonds is 6. The standard InChI is InChI=1S/C17H22N4O4.ClH/c1-23-13-7-15(25-3)14(24-2)6-10(13)8-19-17(22)16-11-9-18-5-4-12(11)20-21-16;/h6-7,18H,4-5,8-9H2,1-3H3,(H,19,22)(H,20,21);1H. The van der Waals surface area contributed by atoms with Crippen molar-refractivity contribution < 1.29 is 19.0 Å². The largest absolute Gasteiger partial charge is 0.496 e. The van der Waals surface area contributed by atoms with Crippen molar-refractivity contribution in [3.05, 3.63) is 34.6 Å². The number of nitrogens with zero attached hydrogens (tertiary/aromatic N) is 1. The van der Waals surface area contributed by atoms with E-state index < -0.39 is 0 Å². The fourth-order valence-electron chi connectivity index (χ4n) is 2.90. The third-order valence-corrected chi connectivity index (χ3v) is 4.25. The first kappa shape index (κ1) is 19.9. The number of aromatic amines is 1. The van der Waals surface area contributed by atoms with Crippen molar-refractivity contribution in [1.29, 1.82) is 0 Å². The van der Waals surface area contributed by atoms with Crippen LogP contribution in [0.25, 0.3) is 0 Å². The summed E-state index contributed by atoms with van der Waals surface area (Å²) in [6.07, 6.45) is 0.846. The van der Waals surface area contributed by atoms with Gasteiger partial charge in [-0.25, -0.2) is 0 Å². The van der Waals surface area contributed by atoms with E-state index in [0.717, 1.165) is 29.8 Å². The quantitative estimate of drug-likeness (QED) is 0.699. The van der Waals surface area contributed by atoms with Crippen LogP contribution in [0.4, 0.5) is 0 Å². The zero-order valence-corrected chi connectivity index (χ0v) is 15.8. The van der Waals surface area contributed by atoms with E-state index in [1.807, 2.05) is 0 Å². The van der Waals surface area contributed by atoms with Gasteiger partial charge >= 0.3 is 0 Å². The van der Waals surface area contributed by atoms with Crippen LogP contribution in [0.3, 0.4) is 0 Å². The molecule has 0 spiro atoms. The van der Waals surface area contributed by atoms with Crippen molar-refractivity contribution in [3.63, 3.8) is 0 Å². The van der Waals surface area contributed by atoms with Gasteiger partial charge in [-0.1, -0.05) is 0 Å². The summed E-state index contributed by atoms with van der Waals surface area (Å²) in [6.45, 7) is 1.82. The molecule has 0 unspecified atom stereocenters. The molecular formula is C17H23ClN4O4. The molecule has 1 aliphatic heterocycles. The first-order chi connectivity index (χ1) is 12.2. The van der Waals surface area contributed by atoms with Crippen molar-refractivity contribution in [2.75, 3.05) is 27.9 Å². The van der Waals surface area contributed by atoms with Crippen LogP contribution in [0.2, 0.25) is 0 Å². The van der Waals surface area contributed by atoms with Gasteiger partial charge in [-0.15, -0.1) is 12.4 Å². The molecule has 0 aliphatic carbocycles. The maximum atomic E-state index is 12.5. The van der Waals surface area contributed by atoms with Gasteiger partial charge in [0.05, 0.1) is 21.3 Å². The van der Waals surface area contributed by atoms with Gasteiger partial charge < -0.3 is 24.8 Å². The summed E-state index contributed by atoms with van der Waals surface area (Å²) < 4.78 is 16.0. The van der Waals surface area contributed by atoms with E-state index in [9.17, 15) is 4.79 Å². The van der Waals surface area contributed by atoms with Crippen LogP contribution < -0.4 is 24.8 Å². The van der Waals surface area contributed by atoms with E-state index in [4.69, 9.17) is 14.2 Å². The molecule has 3 N–H and O–H groups in total. The van der Waals surface area contributed by atoms with Crippen LogP contribution in [0, 0.1) is 0 Å². The molecule has 0 atom stereocenters. The molecule has 2 heterocycles. The summed E-state index contributed by atoms with van der Waals surface area (Å²) in [7, 11) is 4.70. The number of hydrogen-bond acceptors (Lipinski definition) is 6. The average Bonchev–Trinajstić information content (AvgIpc) is 3.09. The number of hydrogen-bond donors (Lipinski definition) is 3. The van der Waals surface area contributed by atoms with Gasteiger partial charge in [0.2, 0.25) is 0 Å². The van der Waals surface area contributed by atoms with Crippen molar-refractivity contribution in [3.8, 4) is 17.2 Å². The Balaban J connectivity index is 0.00000243. The SMILES string of the molecule is COc1cc(OC)c(OC)cc1CNC(=O)c1n[nH]c2c1CNCC2.Cl. The first-order valence-corrected chi connectivity index (χ1v) is 8.01. The molecule has 1 amide bonds. The highest BCUT2D eigenvalue weighted by Crippen LogP contribution is 2.34. The van der Waals surface area contributed by atoms with Crippen LogP contribution in [-0.2, 0) is 19.5 Å². The molecule has 9 heteroatoms. The van der Waals surface area contributed by atoms with Crippen molar-refractivity contribution >= 4 is 18.3 Å². The van der Waals surface area contributed by atoms with Crippen LogP contribution in [0.5, 0.6) is 17.2 Å². The summed E-state index contributed by atoms with van der Waals surface area (Å²) in [6, 6.07) is 3.53. The summed E-state index contributed by atoms with van der Waals surface area (Å²) in [5, 5.41) is 13.3. The Morgan fingerprint density at radius 1 is 1.15 bits per heavy atom. The lowest BCUT2D eigenvalue weighted by molar-refractivity contribution is 0.0944. The minimum Gasteiger partial charge on any atom is -0.496 e. The second-order valence-electron chi connectivity index (χ2n) is 5.66. The molecule has 142 valence electrons. The number of carbonyl (C=O) groups excluding carboxylic acids is 1. The Morgan fingerprint density at radius 3 is 2.54 bits per heavy atom. The molecule has 1 aromatic heterocycles. The molecule has 0 saturated heterocycles. The monoisotopic (exact) mass is 382 g/mol. The van der Waals surface area contributed by atoms with Crippen molar-refractivity contribution in [2.24, 2.45) is 0 Å². The highest BCUT2D eigenvalue weighted by Gasteiger charge is 2.22. The first-order valence-electron chi connectivity index (χ1n) is 8.01. The lowest BCUT2D eigenvalue weighted by atomic mass is 10.1. The second-order valence-corrected chi connectivity index (χ2v) is 5.66. The van der Waals surface area contributed by atoms with Crippen LogP contribution >= 0.6 is 12.4 Å². The molecule has 0 bridgehead atoms. The molecule has 2 aromatic rings. The number of benzene rings is 1. The number of aromatic nitrogens is 2. The van der Waals surface area contributed by atoms with E-state index >= 15 is 0 Å². The molecule has 1 aromatic carbocycles. The Bertz CT molecular complexity index is 778. The van der Waals surface area contributed by atoms with Crippen molar-refractivity contribution in [1.82, 2.24) is 20.8 Å². The van der Waals surface area contributed by atoms with Gasteiger partial charge in [-0.2, -0.15) is 5.10 Å². The predicted molar refractivity (Wildman–Crippen MR) is 98.5 cm³/mol. The van der Waals surface area contributed by atoms with E-state index in [0.29, 0.717) is 29.5 Å². The van der Waals surface area contributed by atoms with E-state index in [2.05, 4.69) is 20.8 Å². The fourth-order valence-corrected chi connectivity index (χ4v) is 2.90. The number of fused-ring (bicyclic) bond motifs is 1. The topological polar surface area (TPSA) is 97.5 Å². The van der Waals surface area contributed by atoms with Gasteiger partial charge in [0, 0.05) is 48.9 Å². The molecule has 26 heavy (non-hydrogen) atoms. The van der Waals surface area contributed by atoms with Crippen molar-refractivity contribution in [2.45, 2.75) is 19.5 Å². The number of H-pyrrole nitrogens is 1. The minimum atomic E-state index is -0.224. The number of ether oxygens (including phenoxy) is 3. The lowest BCUT2D eigenvalue weighted by Gasteiger charge is -2.15. The number of carbonyl (C=O) groups is 1. The van der Waals surface area contributed by atoms with E-state index in [-0.39, 0.29) is 24.9 Å². The normalized spacial score (nSPS) is 12.6. The Morgan fingerprint density at radius 2 is 1.85 bits per heavy atom. The lowest BCUT2D eigenvalue weighted by Crippen LogP contribution is -2.28. The zero-order valence-electron chi connectivity index (χ0n) is 15.0. The molecule has 1 aliphatic rings. The summed E-state index contributed by atoms with van der Waals surface area (Å²) in [4.78, 5) is 12.5. The predicted octanol–water partition coefficient (Wildman–Crippen LogP) is 1.43. The third-order valence-electron chi connectivity index (χ3n) is 4.25. The fraction of sp³-hybridized carbons (Fsp3) is 0.412. The van der Waals surface area contributed by atoms with Gasteiger partial charge in [-0.05, 0) is 6.07 Å². The van der Waals surface area contributed by atoms with Gasteiger partial charge in [0.15, 0.2) is 17.2 Å². The molecule has 0 radical (unpaired) electrons. The molecule has 0 saturated carbocycles. The summed E-state index contributed by atoms with van der Waals surface area (Å²) in [5.41, 5.74) is 3.17. The molecule has 3 rings (SSSR count). The van der Waals surface area contributed by atoms with Gasteiger partial charge in [-0.3, -0.25) is 9.89 Å². The van der Waals surface area contributed by atoms with Crippen LogP contribution in [-0.4, -0.2) is 44.0 Å². The second kappa shape index (κ2) is 8.77. The average molecular weight is 383 g/mol. The minimum absolute atomic E-state index is 0. The van der Waals surface area contributed by atoms with Crippen LogP contribution in [0.1, 0.15) is 27.3 Å². The Kier molecular flexibility index (Phi) is 6.70. The summed E-state index contributed by atoms with van der Waals surface area (Å²) in [5.74, 6) is 1.54. The number of methoxy groups -OCH3 is 3. The van der Waals surface area contributed by atoms with E-state index in [1.54, 1.807) is 33.5 Å². The van der Waals surface area contributed by atoms with Gasteiger partial charge in [0.25, 0.3) is 5.91 Å². The third kappa shape index (κ3) is 3.86. The number of halogens is 1. The van der Waals surface area contributed by atoms with E-state index in [1.165, 1.54) is 0 Å². The molecular weight excluding hydrogens is 360 g/mol. The summed E-state index contributed by atoms with van der Waals surface area (Å²) >= 11 is 0. The maximum absolute atomic E-state index is 12.5. The van der Waals surface area contributed by atoms with Gasteiger partial charge in [0.1, 0.15) is 5.75 Å². The highest BCUT2D eigenvalue weighted by molar-refractivity contribution is 5.94. The zero-order chi connectivity index (χ0) is 17.8. The van der Waals surface area contributed by atoms with Crippen LogP contribution in [0.15, 0.2) is 12.1 Å². The highest BCUT2D eigenvalue weighted by atomic mass is 35.5. The molecule has 0 fully saturated rings. The number of nitrogens with one attached hydrogen (secondary N) is 3. The maximum Gasteiger partial charge on any atom is 0.272 e.